The number of carbonyl (C=O) groups excluding carboxylic acids is 2. The fraction of sp³-hybridized carbons (Fsp3) is 0.333. The maximum Gasteiger partial charge on any atom is 0.315 e. The second-order valence-electron chi connectivity index (χ2n) is 6.58. The number of benzene rings is 2. The molecule has 0 radical (unpaired) electrons. The van der Waals surface area contributed by atoms with Crippen molar-refractivity contribution in [3.05, 3.63) is 70.5 Å². The molecule has 0 aliphatic rings. The highest BCUT2D eigenvalue weighted by Gasteiger charge is 2.21. The van der Waals surface area contributed by atoms with Gasteiger partial charge in [-0.3, -0.25) is 4.79 Å². The molecule has 2 aromatic rings. The molecule has 28 heavy (non-hydrogen) atoms. The van der Waals surface area contributed by atoms with Gasteiger partial charge in [0, 0.05) is 11.6 Å². The lowest BCUT2D eigenvalue weighted by molar-refractivity contribution is -0.123. The minimum absolute atomic E-state index is 0.241. The van der Waals surface area contributed by atoms with E-state index in [1.807, 2.05) is 26.0 Å². The summed E-state index contributed by atoms with van der Waals surface area (Å²) in [5, 5.41) is 8.90. The van der Waals surface area contributed by atoms with Gasteiger partial charge >= 0.3 is 6.03 Å². The minimum Gasteiger partial charge on any atom is -0.348 e. The van der Waals surface area contributed by atoms with Gasteiger partial charge in [-0.1, -0.05) is 49.2 Å². The highest BCUT2D eigenvalue weighted by atomic mass is 35.5. The zero-order valence-corrected chi connectivity index (χ0v) is 16.7. The largest absolute Gasteiger partial charge is 0.348 e. The summed E-state index contributed by atoms with van der Waals surface area (Å²) >= 11 is 6.00. The summed E-state index contributed by atoms with van der Waals surface area (Å²) in [6.07, 6.45) is 1.25. The number of hydrogen-bond donors (Lipinski definition) is 3. The Hall–Kier alpha value is -2.60. The smallest absolute Gasteiger partial charge is 0.315 e. The molecule has 0 saturated heterocycles. The molecule has 0 saturated carbocycles. The van der Waals surface area contributed by atoms with Crippen LogP contribution in [0.1, 0.15) is 43.9 Å². The lowest BCUT2D eigenvalue weighted by Crippen LogP contribution is -2.50. The van der Waals surface area contributed by atoms with Gasteiger partial charge < -0.3 is 16.0 Å². The van der Waals surface area contributed by atoms with Crippen molar-refractivity contribution < 1.29 is 14.0 Å². The van der Waals surface area contributed by atoms with Crippen LogP contribution in [0.3, 0.4) is 0 Å². The normalized spacial score (nSPS) is 12.7. The number of carbonyl (C=O) groups is 2. The molecule has 7 heteroatoms. The average Bonchev–Trinajstić information content (AvgIpc) is 2.67. The van der Waals surface area contributed by atoms with Crippen LogP contribution >= 0.6 is 11.6 Å². The molecule has 0 spiro atoms. The maximum absolute atomic E-state index is 12.9. The predicted molar refractivity (Wildman–Crippen MR) is 108 cm³/mol. The van der Waals surface area contributed by atoms with Crippen LogP contribution in [-0.2, 0) is 11.3 Å². The molecule has 0 aromatic heterocycles. The third-order valence-electron chi connectivity index (χ3n) is 4.27. The summed E-state index contributed by atoms with van der Waals surface area (Å²) in [6, 6.07) is 11.8. The monoisotopic (exact) mass is 405 g/mol. The van der Waals surface area contributed by atoms with Crippen molar-refractivity contribution in [1.29, 1.82) is 0 Å². The highest BCUT2D eigenvalue weighted by molar-refractivity contribution is 6.30. The van der Waals surface area contributed by atoms with Crippen molar-refractivity contribution in [2.45, 2.75) is 45.3 Å². The quantitative estimate of drug-likeness (QED) is 0.612. The predicted octanol–water partition coefficient (Wildman–Crippen LogP) is 4.32. The van der Waals surface area contributed by atoms with Crippen molar-refractivity contribution in [3.63, 3.8) is 0 Å². The molecule has 150 valence electrons. The number of rotatable bonds is 8. The van der Waals surface area contributed by atoms with Crippen molar-refractivity contribution in [1.82, 2.24) is 16.0 Å². The summed E-state index contributed by atoms with van der Waals surface area (Å²) in [5.74, 6) is -0.590. The van der Waals surface area contributed by atoms with E-state index in [2.05, 4.69) is 16.0 Å². The molecule has 0 aliphatic heterocycles. The Morgan fingerprint density at radius 1 is 1.11 bits per heavy atom. The van der Waals surface area contributed by atoms with Crippen LogP contribution in [0.15, 0.2) is 48.5 Å². The third kappa shape index (κ3) is 6.85. The Kier molecular flexibility index (Phi) is 8.26. The van der Waals surface area contributed by atoms with E-state index in [1.165, 1.54) is 12.1 Å². The molecule has 2 aromatic carbocycles. The summed E-state index contributed by atoms with van der Waals surface area (Å²) < 4.78 is 12.9. The number of amides is 3. The molecular formula is C21H25ClFN3O2. The number of hydrogen-bond acceptors (Lipinski definition) is 2. The average molecular weight is 406 g/mol. The first-order chi connectivity index (χ1) is 13.4. The van der Waals surface area contributed by atoms with E-state index in [1.54, 1.807) is 24.3 Å². The number of halogens is 2. The Labute approximate surface area is 169 Å². The maximum atomic E-state index is 12.9. The van der Waals surface area contributed by atoms with E-state index in [0.29, 0.717) is 11.4 Å². The van der Waals surface area contributed by atoms with Crippen molar-refractivity contribution in [2.24, 2.45) is 0 Å². The fourth-order valence-electron chi connectivity index (χ4n) is 2.72. The van der Waals surface area contributed by atoms with Crippen molar-refractivity contribution in [2.75, 3.05) is 0 Å². The fourth-order valence-corrected chi connectivity index (χ4v) is 2.92. The van der Waals surface area contributed by atoms with Gasteiger partial charge in [0.1, 0.15) is 11.9 Å². The van der Waals surface area contributed by atoms with Gasteiger partial charge in [-0.25, -0.2) is 9.18 Å². The van der Waals surface area contributed by atoms with Crippen LogP contribution in [0.4, 0.5) is 9.18 Å². The summed E-state index contributed by atoms with van der Waals surface area (Å²) in [6.45, 7) is 4.05. The molecule has 0 unspecified atom stereocenters. The third-order valence-corrected chi connectivity index (χ3v) is 4.51. The van der Waals surface area contributed by atoms with Crippen LogP contribution < -0.4 is 16.0 Å². The van der Waals surface area contributed by atoms with Gasteiger partial charge in [-0.05, 0) is 48.7 Å². The molecule has 0 bridgehead atoms. The first-order valence-electron chi connectivity index (χ1n) is 9.23. The van der Waals surface area contributed by atoms with Gasteiger partial charge in [-0.15, -0.1) is 0 Å². The second-order valence-corrected chi connectivity index (χ2v) is 7.02. The molecule has 2 atom stereocenters. The molecular weight excluding hydrogens is 381 g/mol. The zero-order valence-electron chi connectivity index (χ0n) is 16.0. The van der Waals surface area contributed by atoms with Gasteiger partial charge in [0.25, 0.3) is 0 Å². The Balaban J connectivity index is 1.90. The van der Waals surface area contributed by atoms with E-state index >= 15 is 0 Å². The molecule has 0 heterocycles. The van der Waals surface area contributed by atoms with Crippen LogP contribution in [0.2, 0.25) is 5.02 Å². The van der Waals surface area contributed by atoms with E-state index in [0.717, 1.165) is 17.5 Å². The van der Waals surface area contributed by atoms with E-state index in [4.69, 9.17) is 11.6 Å². The topological polar surface area (TPSA) is 70.2 Å². The molecule has 5 nitrogen and oxygen atoms in total. The first kappa shape index (κ1) is 21.7. The number of urea groups is 1. The van der Waals surface area contributed by atoms with Gasteiger partial charge in [-0.2, -0.15) is 0 Å². The Bertz CT molecular complexity index is 798. The van der Waals surface area contributed by atoms with Crippen LogP contribution in [-0.4, -0.2) is 18.0 Å². The Morgan fingerprint density at radius 2 is 1.82 bits per heavy atom. The van der Waals surface area contributed by atoms with Gasteiger partial charge in [0.2, 0.25) is 5.91 Å². The standard InChI is InChI=1S/C21H25ClFN3O2/c1-3-5-19(20(27)25-14(2)16-6-4-7-17(22)12-16)26-21(28)24-13-15-8-10-18(23)11-9-15/h4,6-12,14,19H,3,5,13H2,1-2H3,(H,25,27)(H2,24,26,28)/t14-,19+/m1/s1. The molecule has 3 amide bonds. The lowest BCUT2D eigenvalue weighted by atomic mass is 10.1. The summed E-state index contributed by atoms with van der Waals surface area (Å²) in [4.78, 5) is 24.8. The second kappa shape index (κ2) is 10.7. The molecule has 2 rings (SSSR count). The molecule has 0 fully saturated rings. The van der Waals surface area contributed by atoms with E-state index in [-0.39, 0.29) is 24.3 Å². The van der Waals surface area contributed by atoms with Crippen molar-refractivity contribution in [3.8, 4) is 0 Å². The van der Waals surface area contributed by atoms with Crippen LogP contribution in [0.5, 0.6) is 0 Å². The van der Waals surface area contributed by atoms with Gasteiger partial charge in [0.15, 0.2) is 0 Å². The molecule has 0 aliphatic carbocycles. The Morgan fingerprint density at radius 3 is 2.46 bits per heavy atom. The SMILES string of the molecule is CCC[C@H](NC(=O)NCc1ccc(F)cc1)C(=O)N[C@H](C)c1cccc(Cl)c1. The number of nitrogens with one attached hydrogen (secondary N) is 3. The van der Waals surface area contributed by atoms with E-state index in [9.17, 15) is 14.0 Å². The van der Waals surface area contributed by atoms with Crippen LogP contribution in [0.25, 0.3) is 0 Å². The summed E-state index contributed by atoms with van der Waals surface area (Å²) in [7, 11) is 0. The lowest BCUT2D eigenvalue weighted by Gasteiger charge is -2.21. The zero-order chi connectivity index (χ0) is 20.5. The minimum atomic E-state index is -0.653. The molecule has 3 N–H and O–H groups in total. The summed E-state index contributed by atoms with van der Waals surface area (Å²) in [5.41, 5.74) is 1.65. The van der Waals surface area contributed by atoms with E-state index < -0.39 is 12.1 Å². The van der Waals surface area contributed by atoms with Crippen molar-refractivity contribution >= 4 is 23.5 Å². The van der Waals surface area contributed by atoms with Crippen LogP contribution in [0, 0.1) is 5.82 Å². The highest BCUT2D eigenvalue weighted by Crippen LogP contribution is 2.17. The van der Waals surface area contributed by atoms with Gasteiger partial charge in [0.05, 0.1) is 6.04 Å². The first-order valence-corrected chi connectivity index (χ1v) is 9.61.